The van der Waals surface area contributed by atoms with Gasteiger partial charge in [0.2, 0.25) is 5.91 Å². The molecule has 2 rings (SSSR count). The van der Waals surface area contributed by atoms with Crippen LogP contribution in [0.2, 0.25) is 0 Å². The van der Waals surface area contributed by atoms with Crippen LogP contribution in [-0.2, 0) is 11.3 Å². The quantitative estimate of drug-likeness (QED) is 0.746. The van der Waals surface area contributed by atoms with E-state index in [1.54, 1.807) is 0 Å². The van der Waals surface area contributed by atoms with Crippen molar-refractivity contribution < 1.29 is 4.79 Å². The molecule has 0 atom stereocenters. The topological polar surface area (TPSA) is 58.4 Å². The van der Waals surface area contributed by atoms with Gasteiger partial charge in [-0.25, -0.2) is 0 Å². The van der Waals surface area contributed by atoms with Gasteiger partial charge in [-0.15, -0.1) is 0 Å². The van der Waals surface area contributed by atoms with Crippen molar-refractivity contribution in [2.45, 2.75) is 31.8 Å². The maximum Gasteiger partial charge on any atom is 0.221 e. The minimum Gasteiger partial charge on any atom is -0.389 e. The third-order valence-corrected chi connectivity index (χ3v) is 3.56. The number of amides is 1. The van der Waals surface area contributed by atoms with Crippen molar-refractivity contribution in [1.29, 1.82) is 0 Å². The molecule has 20 heavy (non-hydrogen) atoms. The van der Waals surface area contributed by atoms with E-state index in [1.165, 1.54) is 0 Å². The lowest BCUT2D eigenvalue weighted by molar-refractivity contribution is -0.121. The van der Waals surface area contributed by atoms with Gasteiger partial charge in [-0.1, -0.05) is 30.4 Å². The molecule has 1 aromatic rings. The fraction of sp³-hybridized carbons (Fsp3) is 0.467. The Morgan fingerprint density at radius 1 is 1.50 bits per heavy atom. The lowest BCUT2D eigenvalue weighted by atomic mass is 10.1. The van der Waals surface area contributed by atoms with Gasteiger partial charge in [-0.2, -0.15) is 0 Å². The summed E-state index contributed by atoms with van der Waals surface area (Å²) in [6, 6.07) is 8.35. The second kappa shape index (κ2) is 6.81. The molecule has 0 heterocycles. The number of nitrogens with two attached hydrogens (primary N) is 1. The number of nitrogens with zero attached hydrogens (tertiary/aromatic N) is 1. The van der Waals surface area contributed by atoms with Gasteiger partial charge in [0.1, 0.15) is 4.99 Å². The molecule has 3 N–H and O–H groups in total. The number of carbonyl (C=O) groups excluding carboxylic acids is 1. The Morgan fingerprint density at radius 2 is 2.25 bits per heavy atom. The Hall–Kier alpha value is -1.46. The Balaban J connectivity index is 1.78. The van der Waals surface area contributed by atoms with E-state index in [2.05, 4.69) is 10.2 Å². The molecule has 1 fully saturated rings. The number of hydrogen-bond acceptors (Lipinski definition) is 3. The largest absolute Gasteiger partial charge is 0.389 e. The summed E-state index contributed by atoms with van der Waals surface area (Å²) in [6.07, 6.45) is 2.81. The van der Waals surface area contributed by atoms with Gasteiger partial charge >= 0.3 is 0 Å². The van der Waals surface area contributed by atoms with Crippen molar-refractivity contribution in [2.75, 3.05) is 13.6 Å². The molecule has 0 spiro atoms. The smallest absolute Gasteiger partial charge is 0.221 e. The molecule has 5 heteroatoms. The first-order valence-electron chi connectivity index (χ1n) is 6.91. The summed E-state index contributed by atoms with van der Waals surface area (Å²) < 4.78 is 0. The molecule has 4 nitrogen and oxygen atoms in total. The molecule has 1 aliphatic carbocycles. The van der Waals surface area contributed by atoms with E-state index in [-0.39, 0.29) is 5.91 Å². The van der Waals surface area contributed by atoms with Gasteiger partial charge in [-0.05, 0) is 31.5 Å². The van der Waals surface area contributed by atoms with Crippen molar-refractivity contribution in [3.63, 3.8) is 0 Å². The monoisotopic (exact) mass is 291 g/mol. The third kappa shape index (κ3) is 4.90. The zero-order valence-electron chi connectivity index (χ0n) is 11.8. The highest BCUT2D eigenvalue weighted by molar-refractivity contribution is 7.80. The maximum atomic E-state index is 11.6. The van der Waals surface area contributed by atoms with Gasteiger partial charge in [0.05, 0.1) is 0 Å². The van der Waals surface area contributed by atoms with Crippen LogP contribution in [0.5, 0.6) is 0 Å². The molecular formula is C15H21N3OS. The molecule has 0 radical (unpaired) electrons. The van der Waals surface area contributed by atoms with Crippen LogP contribution in [0.15, 0.2) is 24.3 Å². The zero-order chi connectivity index (χ0) is 14.5. The lowest BCUT2D eigenvalue weighted by Crippen LogP contribution is -2.30. The van der Waals surface area contributed by atoms with Crippen LogP contribution in [0.4, 0.5) is 0 Å². The minimum absolute atomic E-state index is 0.149. The van der Waals surface area contributed by atoms with Crippen molar-refractivity contribution >= 4 is 23.1 Å². The highest BCUT2D eigenvalue weighted by Gasteiger charge is 2.22. The summed E-state index contributed by atoms with van der Waals surface area (Å²) in [4.78, 5) is 14.2. The summed E-state index contributed by atoms with van der Waals surface area (Å²) in [6.45, 7) is 1.53. The first kappa shape index (κ1) is 14.9. The number of hydrogen-bond donors (Lipinski definition) is 2. The van der Waals surface area contributed by atoms with Crippen LogP contribution >= 0.6 is 12.2 Å². The number of rotatable bonds is 7. The van der Waals surface area contributed by atoms with Crippen LogP contribution < -0.4 is 11.1 Å². The summed E-state index contributed by atoms with van der Waals surface area (Å²) in [5.74, 6) is 0.149. The normalized spacial score (nSPS) is 14.3. The molecule has 1 aliphatic rings. The Kier molecular flexibility index (Phi) is 5.09. The predicted molar refractivity (Wildman–Crippen MR) is 84.4 cm³/mol. The maximum absolute atomic E-state index is 11.6. The molecule has 108 valence electrons. The number of thiocarbonyl (C=S) groups is 1. The Morgan fingerprint density at radius 3 is 2.90 bits per heavy atom. The number of nitrogens with one attached hydrogen (secondary N) is 1. The van der Waals surface area contributed by atoms with E-state index in [0.29, 0.717) is 17.5 Å². The number of benzene rings is 1. The van der Waals surface area contributed by atoms with E-state index >= 15 is 0 Å². The molecule has 1 aromatic carbocycles. The van der Waals surface area contributed by atoms with Crippen LogP contribution in [0.1, 0.15) is 30.4 Å². The fourth-order valence-corrected chi connectivity index (χ4v) is 2.16. The van der Waals surface area contributed by atoms with E-state index in [0.717, 1.165) is 37.1 Å². The average molecular weight is 291 g/mol. The lowest BCUT2D eigenvalue weighted by Gasteiger charge is -2.17. The van der Waals surface area contributed by atoms with Crippen molar-refractivity contribution in [2.24, 2.45) is 5.73 Å². The molecule has 1 amide bonds. The van der Waals surface area contributed by atoms with Crippen molar-refractivity contribution in [1.82, 2.24) is 10.2 Å². The van der Waals surface area contributed by atoms with E-state index in [9.17, 15) is 4.79 Å². The SMILES string of the molecule is CN(CCC(=O)NC1CC1)Cc1cccc(C(N)=S)c1. The first-order valence-corrected chi connectivity index (χ1v) is 7.32. The van der Waals surface area contributed by atoms with Gasteiger partial charge < -0.3 is 16.0 Å². The molecule has 0 saturated heterocycles. The van der Waals surface area contributed by atoms with Crippen LogP contribution in [0.25, 0.3) is 0 Å². The molecule has 0 aliphatic heterocycles. The summed E-state index contributed by atoms with van der Waals surface area (Å²) >= 11 is 4.98. The van der Waals surface area contributed by atoms with Gasteiger partial charge in [0.25, 0.3) is 0 Å². The molecular weight excluding hydrogens is 270 g/mol. The predicted octanol–water partition coefficient (Wildman–Crippen LogP) is 1.42. The van der Waals surface area contributed by atoms with Crippen LogP contribution in [0.3, 0.4) is 0 Å². The van der Waals surface area contributed by atoms with Gasteiger partial charge in [0, 0.05) is 31.1 Å². The van der Waals surface area contributed by atoms with Crippen molar-refractivity contribution in [3.05, 3.63) is 35.4 Å². The average Bonchev–Trinajstić information content (AvgIpc) is 3.20. The second-order valence-electron chi connectivity index (χ2n) is 5.39. The Labute approximate surface area is 125 Å². The molecule has 0 aromatic heterocycles. The highest BCUT2D eigenvalue weighted by atomic mass is 32.1. The minimum atomic E-state index is 0.149. The van der Waals surface area contributed by atoms with Gasteiger partial charge in [-0.3, -0.25) is 4.79 Å². The summed E-state index contributed by atoms with van der Waals surface area (Å²) in [5.41, 5.74) is 7.67. The van der Waals surface area contributed by atoms with Crippen LogP contribution in [0, 0.1) is 0 Å². The van der Waals surface area contributed by atoms with Crippen molar-refractivity contribution in [3.8, 4) is 0 Å². The molecule has 0 unspecified atom stereocenters. The third-order valence-electron chi connectivity index (χ3n) is 3.33. The van der Waals surface area contributed by atoms with Crippen LogP contribution in [-0.4, -0.2) is 35.4 Å². The molecule has 0 bridgehead atoms. The summed E-state index contributed by atoms with van der Waals surface area (Å²) in [7, 11) is 2.01. The van der Waals surface area contributed by atoms with E-state index < -0.39 is 0 Å². The fourth-order valence-electron chi connectivity index (χ4n) is 2.03. The van der Waals surface area contributed by atoms with E-state index in [4.69, 9.17) is 18.0 Å². The molecule has 1 saturated carbocycles. The second-order valence-corrected chi connectivity index (χ2v) is 5.83. The van der Waals surface area contributed by atoms with Gasteiger partial charge in [0.15, 0.2) is 0 Å². The summed E-state index contributed by atoms with van der Waals surface area (Å²) in [5, 5.41) is 3.00. The zero-order valence-corrected chi connectivity index (χ0v) is 12.6. The number of carbonyl (C=O) groups is 1. The first-order chi connectivity index (χ1) is 9.54. The van der Waals surface area contributed by atoms with E-state index in [1.807, 2.05) is 31.3 Å². The highest BCUT2D eigenvalue weighted by Crippen LogP contribution is 2.18. The Bertz CT molecular complexity index is 500. The standard InChI is InChI=1S/C15H21N3OS/c1-18(8-7-14(19)17-13-5-6-13)10-11-3-2-4-12(9-11)15(16)20/h2-4,9,13H,5-8,10H2,1H3,(H2,16,20)(H,17,19).